The molecule has 11 aromatic carbocycles. The molecule has 0 spiro atoms. The molecule has 2 aromatic heterocycles. The lowest BCUT2D eigenvalue weighted by atomic mass is 9.96. The fourth-order valence-electron chi connectivity index (χ4n) is 10.2. The minimum absolute atomic E-state index is 1.09. The first kappa shape index (κ1) is 38.9. The molecule has 0 radical (unpaired) electrons. The highest BCUT2D eigenvalue weighted by Crippen LogP contribution is 2.46. The highest BCUT2D eigenvalue weighted by molar-refractivity contribution is 7.25. The zero-order valence-corrected chi connectivity index (χ0v) is 37.4. The number of rotatable bonds is 8. The second kappa shape index (κ2) is 16.2. The number of thiophene rings is 1. The second-order valence-electron chi connectivity index (χ2n) is 17.3. The molecule has 2 nitrogen and oxygen atoms in total. The molecule has 2 heterocycles. The summed E-state index contributed by atoms with van der Waals surface area (Å²) in [4.78, 5) is 2.42. The van der Waals surface area contributed by atoms with E-state index in [2.05, 4.69) is 264 Å². The molecule has 3 heteroatoms. The first-order chi connectivity index (χ1) is 33.2. The highest BCUT2D eigenvalue weighted by Gasteiger charge is 2.20. The van der Waals surface area contributed by atoms with Gasteiger partial charge in [-0.3, -0.25) is 0 Å². The van der Waals surface area contributed by atoms with Gasteiger partial charge in [0.15, 0.2) is 0 Å². The minimum atomic E-state index is 1.09. The summed E-state index contributed by atoms with van der Waals surface area (Å²) < 4.78 is 4.99. The van der Waals surface area contributed by atoms with E-state index in [0.29, 0.717) is 0 Å². The maximum atomic E-state index is 2.42. The summed E-state index contributed by atoms with van der Waals surface area (Å²) in [5.74, 6) is 0. The van der Waals surface area contributed by atoms with Gasteiger partial charge in [-0.1, -0.05) is 182 Å². The van der Waals surface area contributed by atoms with E-state index < -0.39 is 0 Å². The molecule has 0 saturated carbocycles. The number of hydrogen-bond donors (Lipinski definition) is 0. The molecule has 0 unspecified atom stereocenters. The van der Waals surface area contributed by atoms with Crippen molar-refractivity contribution in [1.29, 1.82) is 0 Å². The van der Waals surface area contributed by atoms with Crippen LogP contribution in [-0.4, -0.2) is 4.57 Å². The Kier molecular flexibility index (Phi) is 9.40. The zero-order valence-electron chi connectivity index (χ0n) is 36.6. The summed E-state index contributed by atoms with van der Waals surface area (Å²) >= 11 is 1.86. The quantitative estimate of drug-likeness (QED) is 0.148. The lowest BCUT2D eigenvalue weighted by Gasteiger charge is -2.28. The first-order valence-corrected chi connectivity index (χ1v) is 23.7. The van der Waals surface area contributed by atoms with E-state index in [9.17, 15) is 0 Å². The maximum Gasteiger partial charge on any atom is 0.0541 e. The molecule has 314 valence electrons. The third-order valence-corrected chi connectivity index (χ3v) is 14.5. The average Bonchev–Trinajstić information content (AvgIpc) is 3.96. The number of fused-ring (bicyclic) bond motifs is 7. The van der Waals surface area contributed by atoms with Gasteiger partial charge >= 0.3 is 0 Å². The predicted molar refractivity (Wildman–Crippen MR) is 288 cm³/mol. The summed E-state index contributed by atoms with van der Waals surface area (Å²) in [6.45, 7) is 0. The Labute approximate surface area is 393 Å². The van der Waals surface area contributed by atoms with Crippen LogP contribution in [0.3, 0.4) is 0 Å². The van der Waals surface area contributed by atoms with E-state index in [1.165, 1.54) is 91.7 Å². The average molecular weight is 871 g/mol. The summed E-state index contributed by atoms with van der Waals surface area (Å²) in [5.41, 5.74) is 16.4. The van der Waals surface area contributed by atoms with Crippen LogP contribution in [0.5, 0.6) is 0 Å². The highest BCUT2D eigenvalue weighted by atomic mass is 32.1. The van der Waals surface area contributed by atoms with Gasteiger partial charge in [0.05, 0.1) is 16.7 Å². The van der Waals surface area contributed by atoms with Crippen LogP contribution in [0.1, 0.15) is 0 Å². The van der Waals surface area contributed by atoms with Crippen LogP contribution in [0.15, 0.2) is 255 Å². The van der Waals surface area contributed by atoms with Crippen LogP contribution in [0, 0.1) is 0 Å². The van der Waals surface area contributed by atoms with Gasteiger partial charge in [-0.15, -0.1) is 11.3 Å². The fourth-order valence-corrected chi connectivity index (χ4v) is 11.3. The van der Waals surface area contributed by atoms with Gasteiger partial charge in [-0.2, -0.15) is 0 Å². The van der Waals surface area contributed by atoms with Gasteiger partial charge in [-0.05, 0) is 123 Å². The molecule has 0 atom stereocenters. The Morgan fingerprint density at radius 1 is 0.313 bits per heavy atom. The smallest absolute Gasteiger partial charge is 0.0541 e. The fraction of sp³-hybridized carbons (Fsp3) is 0. The monoisotopic (exact) mass is 870 g/mol. The van der Waals surface area contributed by atoms with Crippen molar-refractivity contribution in [2.75, 3.05) is 4.90 Å². The maximum absolute atomic E-state index is 2.42. The van der Waals surface area contributed by atoms with Gasteiger partial charge in [0.25, 0.3) is 0 Å². The molecule has 0 saturated heterocycles. The number of benzene rings is 11. The van der Waals surface area contributed by atoms with E-state index in [1.54, 1.807) is 0 Å². The van der Waals surface area contributed by atoms with Crippen LogP contribution in [0.2, 0.25) is 0 Å². The van der Waals surface area contributed by atoms with Crippen molar-refractivity contribution in [2.24, 2.45) is 0 Å². The number of anilines is 3. The summed E-state index contributed by atoms with van der Waals surface area (Å²) in [6, 6.07) is 93.2. The Morgan fingerprint density at radius 2 is 0.806 bits per heavy atom. The van der Waals surface area contributed by atoms with E-state index in [4.69, 9.17) is 0 Å². The lowest BCUT2D eigenvalue weighted by molar-refractivity contribution is 1.18. The predicted octanol–water partition coefficient (Wildman–Crippen LogP) is 18.4. The molecular formula is C64H42N2S. The first-order valence-electron chi connectivity index (χ1n) is 22.9. The van der Waals surface area contributed by atoms with E-state index in [-0.39, 0.29) is 0 Å². The van der Waals surface area contributed by atoms with E-state index >= 15 is 0 Å². The topological polar surface area (TPSA) is 8.17 Å². The molecule has 0 amide bonds. The summed E-state index contributed by atoms with van der Waals surface area (Å²) in [7, 11) is 0. The van der Waals surface area contributed by atoms with Crippen molar-refractivity contribution in [3.05, 3.63) is 255 Å². The van der Waals surface area contributed by atoms with Crippen molar-refractivity contribution in [1.82, 2.24) is 4.57 Å². The third-order valence-electron chi connectivity index (χ3n) is 13.4. The summed E-state index contributed by atoms with van der Waals surface area (Å²) in [6.07, 6.45) is 0. The Bertz CT molecular complexity index is 3920. The van der Waals surface area contributed by atoms with Gasteiger partial charge in [-0.25, -0.2) is 0 Å². The molecule has 0 aliphatic rings. The second-order valence-corrected chi connectivity index (χ2v) is 18.4. The van der Waals surface area contributed by atoms with Crippen LogP contribution in [0.4, 0.5) is 17.1 Å². The van der Waals surface area contributed by atoms with Crippen molar-refractivity contribution >= 4 is 81.1 Å². The van der Waals surface area contributed by atoms with E-state index in [0.717, 1.165) is 28.3 Å². The van der Waals surface area contributed by atoms with Crippen LogP contribution in [-0.2, 0) is 0 Å². The molecule has 0 fully saturated rings. The van der Waals surface area contributed by atoms with Gasteiger partial charge in [0.1, 0.15) is 0 Å². The molecule has 0 bridgehead atoms. The molecule has 13 aromatic rings. The lowest BCUT2D eigenvalue weighted by Crippen LogP contribution is -2.11. The molecule has 0 aliphatic heterocycles. The van der Waals surface area contributed by atoms with Gasteiger partial charge < -0.3 is 9.47 Å². The molecule has 13 rings (SSSR count). The van der Waals surface area contributed by atoms with Crippen molar-refractivity contribution in [3.63, 3.8) is 0 Å². The number of nitrogens with zero attached hydrogens (tertiary/aromatic N) is 2. The SMILES string of the molecule is c1cc(-c2ccc(N(c3ccc(-c4ccc(-c5ccc6ccccc6c5)cc4)cc3)c3ccccc3-c3cccc4sc5ccccc5c34)cc2)cc(-n2c3ccccc3c3ccccc32)c1. The molecule has 0 N–H and O–H groups in total. The number of hydrogen-bond acceptors (Lipinski definition) is 2. The Balaban J connectivity index is 0.900. The number of para-hydroxylation sites is 3. The zero-order chi connectivity index (χ0) is 44.3. The molecule has 0 aliphatic carbocycles. The Morgan fingerprint density at radius 3 is 1.51 bits per heavy atom. The van der Waals surface area contributed by atoms with Crippen LogP contribution in [0.25, 0.3) is 103 Å². The van der Waals surface area contributed by atoms with Crippen LogP contribution >= 0.6 is 11.3 Å². The molecular weight excluding hydrogens is 829 g/mol. The largest absolute Gasteiger partial charge is 0.310 e. The van der Waals surface area contributed by atoms with Gasteiger partial charge in [0.2, 0.25) is 0 Å². The van der Waals surface area contributed by atoms with Crippen LogP contribution < -0.4 is 4.90 Å². The van der Waals surface area contributed by atoms with Crippen molar-refractivity contribution in [2.45, 2.75) is 0 Å². The Hall–Kier alpha value is -8.50. The standard InChI is InChI=1S/C64H42N2S/c1-2-14-48-41-50(32-31-43(48)13-1)46-29-27-44(28-30-46)45-33-37-51(38-34-45)65(59-22-7-5-19-56(59)57-21-12-26-63-64(57)58-20-6-10-25-62(58)67-63)52-39-35-47(36-40-52)49-15-11-16-53(42-49)66-60-23-8-3-17-54(60)55-18-4-9-24-61(55)66/h1-42H. The van der Waals surface area contributed by atoms with Gasteiger partial charge in [0, 0.05) is 53.6 Å². The third kappa shape index (κ3) is 6.79. The molecule has 67 heavy (non-hydrogen) atoms. The normalized spacial score (nSPS) is 11.6. The van der Waals surface area contributed by atoms with Crippen molar-refractivity contribution < 1.29 is 0 Å². The number of aromatic nitrogens is 1. The summed E-state index contributed by atoms with van der Waals surface area (Å²) in [5, 5.41) is 7.64. The van der Waals surface area contributed by atoms with E-state index in [1.807, 2.05) is 11.3 Å². The minimum Gasteiger partial charge on any atom is -0.310 e. The van der Waals surface area contributed by atoms with Crippen molar-refractivity contribution in [3.8, 4) is 50.2 Å².